The average molecular weight is 336 g/mol. The molecule has 0 radical (unpaired) electrons. The van der Waals surface area contributed by atoms with E-state index in [9.17, 15) is 9.59 Å². The average Bonchev–Trinajstić information content (AvgIpc) is 2.85. The number of nitrogens with one attached hydrogen (secondary N) is 2. The molecule has 2 heterocycles. The van der Waals surface area contributed by atoms with Crippen molar-refractivity contribution in [2.45, 2.75) is 33.2 Å². The van der Waals surface area contributed by atoms with Crippen LogP contribution in [0.3, 0.4) is 0 Å². The first-order chi connectivity index (χ1) is 11.4. The number of amides is 3. The fraction of sp³-hybridized carbons (Fsp3) is 0.688. The Balaban J connectivity index is 1.76. The van der Waals surface area contributed by atoms with Crippen molar-refractivity contribution in [3.63, 3.8) is 0 Å². The SMILES string of the molecule is CCC(C)NC(=O)CN1CCN(C(=O)Nc2cc(C)nn2C)CC1. The molecule has 1 aromatic rings. The molecule has 8 heteroatoms. The Morgan fingerprint density at radius 3 is 2.50 bits per heavy atom. The van der Waals surface area contributed by atoms with Gasteiger partial charge in [-0.3, -0.25) is 19.7 Å². The molecule has 1 atom stereocenters. The van der Waals surface area contributed by atoms with E-state index >= 15 is 0 Å². The van der Waals surface area contributed by atoms with E-state index in [1.165, 1.54) is 0 Å². The lowest BCUT2D eigenvalue weighted by Gasteiger charge is -2.34. The van der Waals surface area contributed by atoms with E-state index in [1.807, 2.05) is 26.8 Å². The molecular formula is C16H28N6O2. The summed E-state index contributed by atoms with van der Waals surface area (Å²) in [4.78, 5) is 28.1. The minimum absolute atomic E-state index is 0.0487. The van der Waals surface area contributed by atoms with Gasteiger partial charge in [-0.25, -0.2) is 4.79 Å². The van der Waals surface area contributed by atoms with Gasteiger partial charge in [-0.2, -0.15) is 5.10 Å². The molecule has 2 N–H and O–H groups in total. The van der Waals surface area contributed by atoms with Gasteiger partial charge in [-0.15, -0.1) is 0 Å². The van der Waals surface area contributed by atoms with E-state index in [0.717, 1.165) is 12.1 Å². The fourth-order valence-electron chi connectivity index (χ4n) is 2.65. The van der Waals surface area contributed by atoms with Crippen LogP contribution < -0.4 is 10.6 Å². The van der Waals surface area contributed by atoms with E-state index in [4.69, 9.17) is 0 Å². The molecular weight excluding hydrogens is 308 g/mol. The van der Waals surface area contributed by atoms with Crippen molar-refractivity contribution in [1.82, 2.24) is 24.9 Å². The van der Waals surface area contributed by atoms with Crippen LogP contribution in [0.25, 0.3) is 0 Å². The molecule has 1 aliphatic heterocycles. The number of urea groups is 1. The second-order valence-corrected chi connectivity index (χ2v) is 6.36. The summed E-state index contributed by atoms with van der Waals surface area (Å²) < 4.78 is 1.66. The molecule has 1 saturated heterocycles. The summed E-state index contributed by atoms with van der Waals surface area (Å²) in [5.74, 6) is 0.737. The monoisotopic (exact) mass is 336 g/mol. The smallest absolute Gasteiger partial charge is 0.323 e. The number of anilines is 1. The quantitative estimate of drug-likeness (QED) is 0.833. The number of rotatable bonds is 5. The molecule has 1 fully saturated rings. The number of carbonyl (C=O) groups excluding carboxylic acids is 2. The predicted octanol–water partition coefficient (Wildman–Crippen LogP) is 0.793. The van der Waals surface area contributed by atoms with Crippen LogP contribution in [0.4, 0.5) is 10.6 Å². The van der Waals surface area contributed by atoms with Crippen molar-refractivity contribution < 1.29 is 9.59 Å². The summed E-state index contributed by atoms with van der Waals surface area (Å²) in [6.45, 7) is 8.95. The number of hydrogen-bond donors (Lipinski definition) is 2. The van der Waals surface area contributed by atoms with Crippen LogP contribution in [-0.2, 0) is 11.8 Å². The maximum Gasteiger partial charge on any atom is 0.323 e. The third-order valence-electron chi connectivity index (χ3n) is 4.28. The summed E-state index contributed by atoms with van der Waals surface area (Å²) in [5.41, 5.74) is 0.866. The molecule has 0 saturated carbocycles. The highest BCUT2D eigenvalue weighted by molar-refractivity contribution is 5.88. The zero-order chi connectivity index (χ0) is 17.7. The molecule has 1 aliphatic rings. The predicted molar refractivity (Wildman–Crippen MR) is 92.9 cm³/mol. The largest absolute Gasteiger partial charge is 0.353 e. The third-order valence-corrected chi connectivity index (χ3v) is 4.28. The molecule has 8 nitrogen and oxygen atoms in total. The van der Waals surface area contributed by atoms with Crippen LogP contribution in [0.15, 0.2) is 6.07 Å². The van der Waals surface area contributed by atoms with Gasteiger partial charge < -0.3 is 10.2 Å². The lowest BCUT2D eigenvalue weighted by atomic mass is 10.2. The van der Waals surface area contributed by atoms with Crippen LogP contribution >= 0.6 is 0 Å². The molecule has 3 amide bonds. The first-order valence-electron chi connectivity index (χ1n) is 8.47. The molecule has 2 rings (SSSR count). The van der Waals surface area contributed by atoms with Crippen molar-refractivity contribution in [3.8, 4) is 0 Å². The van der Waals surface area contributed by atoms with Gasteiger partial charge in [0.05, 0.1) is 12.2 Å². The molecule has 24 heavy (non-hydrogen) atoms. The number of carbonyl (C=O) groups is 2. The maximum atomic E-state index is 12.3. The topological polar surface area (TPSA) is 82.5 Å². The molecule has 1 aromatic heterocycles. The van der Waals surface area contributed by atoms with Gasteiger partial charge in [0.15, 0.2) is 0 Å². The third kappa shape index (κ3) is 4.95. The first kappa shape index (κ1) is 18.3. The van der Waals surface area contributed by atoms with Crippen LogP contribution in [0.5, 0.6) is 0 Å². The van der Waals surface area contributed by atoms with Gasteiger partial charge in [0.2, 0.25) is 5.91 Å². The van der Waals surface area contributed by atoms with E-state index < -0.39 is 0 Å². The van der Waals surface area contributed by atoms with Crippen LogP contribution in [0.2, 0.25) is 0 Å². The lowest BCUT2D eigenvalue weighted by Crippen LogP contribution is -2.52. The van der Waals surface area contributed by atoms with Gasteiger partial charge in [0.25, 0.3) is 0 Å². The first-order valence-corrected chi connectivity index (χ1v) is 8.47. The number of aromatic nitrogens is 2. The number of nitrogens with zero attached hydrogens (tertiary/aromatic N) is 4. The fourth-order valence-corrected chi connectivity index (χ4v) is 2.65. The van der Waals surface area contributed by atoms with Gasteiger partial charge >= 0.3 is 6.03 Å². The second-order valence-electron chi connectivity index (χ2n) is 6.36. The maximum absolute atomic E-state index is 12.3. The van der Waals surface area contributed by atoms with E-state index in [-0.39, 0.29) is 18.0 Å². The number of aryl methyl sites for hydroxylation is 2. The summed E-state index contributed by atoms with van der Waals surface area (Å²) in [7, 11) is 1.80. The standard InChI is InChI=1S/C16H28N6O2/c1-5-12(2)17-15(23)11-21-6-8-22(9-7-21)16(24)18-14-10-13(3)19-20(14)4/h10,12H,5-9,11H2,1-4H3,(H,17,23)(H,18,24). The minimum atomic E-state index is -0.123. The van der Waals surface area contributed by atoms with E-state index in [2.05, 4.69) is 20.6 Å². The summed E-state index contributed by atoms with van der Waals surface area (Å²) in [6.07, 6.45) is 0.924. The van der Waals surface area contributed by atoms with E-state index in [0.29, 0.717) is 38.5 Å². The molecule has 0 bridgehead atoms. The normalized spacial score (nSPS) is 16.8. The van der Waals surface area contributed by atoms with E-state index in [1.54, 1.807) is 16.6 Å². The Morgan fingerprint density at radius 1 is 1.29 bits per heavy atom. The van der Waals surface area contributed by atoms with Crippen molar-refractivity contribution in [2.24, 2.45) is 7.05 Å². The molecule has 134 valence electrons. The van der Waals surface area contributed by atoms with Gasteiger partial charge in [0.1, 0.15) is 5.82 Å². The van der Waals surface area contributed by atoms with Crippen molar-refractivity contribution >= 4 is 17.8 Å². The highest BCUT2D eigenvalue weighted by atomic mass is 16.2. The van der Waals surface area contributed by atoms with Crippen LogP contribution in [-0.4, -0.2) is 70.3 Å². The molecule has 0 aliphatic carbocycles. The summed E-state index contributed by atoms with van der Waals surface area (Å²) in [6, 6.07) is 1.92. The summed E-state index contributed by atoms with van der Waals surface area (Å²) in [5, 5.41) is 10.1. The Kier molecular flexibility index (Phi) is 6.19. The second kappa shape index (κ2) is 8.14. The number of piperazine rings is 1. The van der Waals surface area contributed by atoms with Crippen molar-refractivity contribution in [2.75, 3.05) is 38.0 Å². The molecule has 1 unspecified atom stereocenters. The van der Waals surface area contributed by atoms with Crippen LogP contribution in [0.1, 0.15) is 26.0 Å². The number of hydrogen-bond acceptors (Lipinski definition) is 4. The molecule has 0 spiro atoms. The van der Waals surface area contributed by atoms with Gasteiger partial charge in [0, 0.05) is 45.3 Å². The highest BCUT2D eigenvalue weighted by Gasteiger charge is 2.23. The highest BCUT2D eigenvalue weighted by Crippen LogP contribution is 2.10. The zero-order valence-corrected chi connectivity index (χ0v) is 15.0. The Labute approximate surface area is 143 Å². The Morgan fingerprint density at radius 2 is 1.96 bits per heavy atom. The van der Waals surface area contributed by atoms with Crippen molar-refractivity contribution in [1.29, 1.82) is 0 Å². The summed E-state index contributed by atoms with van der Waals surface area (Å²) >= 11 is 0. The molecule has 0 aromatic carbocycles. The zero-order valence-electron chi connectivity index (χ0n) is 15.0. The van der Waals surface area contributed by atoms with Gasteiger partial charge in [-0.05, 0) is 20.3 Å². The lowest BCUT2D eigenvalue weighted by molar-refractivity contribution is -0.123. The Hall–Kier alpha value is -2.09. The van der Waals surface area contributed by atoms with Crippen molar-refractivity contribution in [3.05, 3.63) is 11.8 Å². The van der Waals surface area contributed by atoms with Gasteiger partial charge in [-0.1, -0.05) is 6.92 Å². The minimum Gasteiger partial charge on any atom is -0.353 e. The Bertz CT molecular complexity index is 577. The van der Waals surface area contributed by atoms with Crippen LogP contribution in [0, 0.1) is 6.92 Å².